The van der Waals surface area contributed by atoms with Gasteiger partial charge in [-0.05, 0) is 12.1 Å². The molecule has 106 valence electrons. The third-order valence-corrected chi connectivity index (χ3v) is 2.85. The third-order valence-electron chi connectivity index (χ3n) is 2.85. The van der Waals surface area contributed by atoms with E-state index >= 15 is 0 Å². The number of rotatable bonds is 3. The normalized spacial score (nSPS) is 9.76. The van der Waals surface area contributed by atoms with E-state index in [9.17, 15) is 14.4 Å². The molecule has 2 amide bonds. The van der Waals surface area contributed by atoms with E-state index in [0.717, 1.165) is 0 Å². The molecule has 0 heterocycles. The Morgan fingerprint density at radius 1 is 0.810 bits per heavy atom. The van der Waals surface area contributed by atoms with Gasteiger partial charge in [0.2, 0.25) is 0 Å². The average molecular weight is 282 g/mol. The number of carbonyl (C=O) groups excluding carboxylic acids is 3. The minimum atomic E-state index is -0.776. The van der Waals surface area contributed by atoms with Crippen molar-refractivity contribution in [3.05, 3.63) is 65.7 Å². The summed E-state index contributed by atoms with van der Waals surface area (Å²) in [4.78, 5) is 34.9. The van der Waals surface area contributed by atoms with Gasteiger partial charge in [-0.25, -0.2) is 0 Å². The molecule has 5 nitrogen and oxygen atoms in total. The van der Waals surface area contributed by atoms with Crippen LogP contribution in [-0.4, -0.2) is 24.6 Å². The van der Waals surface area contributed by atoms with Crippen molar-refractivity contribution in [3.8, 4) is 0 Å². The van der Waals surface area contributed by atoms with Crippen molar-refractivity contribution in [2.24, 2.45) is 0 Å². The number of likely N-dealkylation sites (N-methyl/N-ethyl adjacent to an activating group) is 1. The number of hydrogen-bond donors (Lipinski definition) is 2. The molecule has 21 heavy (non-hydrogen) atoms. The maximum absolute atomic E-state index is 12.3. The van der Waals surface area contributed by atoms with Crippen LogP contribution >= 0.6 is 0 Å². The van der Waals surface area contributed by atoms with Crippen LogP contribution in [0.15, 0.2) is 54.6 Å². The fourth-order valence-electron chi connectivity index (χ4n) is 1.80. The van der Waals surface area contributed by atoms with E-state index < -0.39 is 11.8 Å². The largest absolute Gasteiger partial charge is 0.351 e. The molecular weight excluding hydrogens is 268 g/mol. The summed E-state index contributed by atoms with van der Waals surface area (Å²) in [5, 5.41) is 4.67. The number of hydrogen-bond acceptors (Lipinski definition) is 3. The van der Waals surface area contributed by atoms with Crippen LogP contribution in [-0.2, 0) is 9.59 Å². The Bertz CT molecular complexity index is 681. The maximum atomic E-state index is 12.3. The van der Waals surface area contributed by atoms with Crippen molar-refractivity contribution in [3.63, 3.8) is 0 Å². The summed E-state index contributed by atoms with van der Waals surface area (Å²) in [5.74, 6) is -1.66. The first-order valence-electron chi connectivity index (χ1n) is 6.34. The van der Waals surface area contributed by atoms with Gasteiger partial charge in [-0.15, -0.1) is 0 Å². The van der Waals surface area contributed by atoms with Gasteiger partial charge in [-0.3, -0.25) is 14.4 Å². The number of carbonyl (C=O) groups is 3. The highest BCUT2D eigenvalue weighted by molar-refractivity contribution is 6.39. The molecule has 0 bridgehead atoms. The zero-order valence-corrected chi connectivity index (χ0v) is 11.4. The van der Waals surface area contributed by atoms with Crippen LogP contribution in [0.25, 0.3) is 0 Å². The topological polar surface area (TPSA) is 75.3 Å². The van der Waals surface area contributed by atoms with E-state index in [4.69, 9.17) is 0 Å². The Morgan fingerprint density at radius 2 is 1.48 bits per heavy atom. The highest BCUT2D eigenvalue weighted by atomic mass is 16.2. The zero-order chi connectivity index (χ0) is 15.2. The Hall–Kier alpha value is -2.95. The molecule has 0 unspecified atom stereocenters. The third kappa shape index (κ3) is 3.54. The number of nitrogens with one attached hydrogen (secondary N) is 2. The SMILES string of the molecule is CNC(=O)C(=O)Nc1cccc(C(=O)c2ccccc2)c1. The van der Waals surface area contributed by atoms with Gasteiger partial charge in [-0.2, -0.15) is 0 Å². The highest BCUT2D eigenvalue weighted by Gasteiger charge is 2.13. The summed E-state index contributed by atoms with van der Waals surface area (Å²) in [5.41, 5.74) is 1.40. The first kappa shape index (κ1) is 14.5. The summed E-state index contributed by atoms with van der Waals surface area (Å²) in [6, 6.07) is 15.3. The molecule has 0 fully saturated rings. The first-order chi connectivity index (χ1) is 10.1. The molecule has 0 spiro atoms. The lowest BCUT2D eigenvalue weighted by Gasteiger charge is -2.06. The minimum absolute atomic E-state index is 0.147. The van der Waals surface area contributed by atoms with Gasteiger partial charge < -0.3 is 10.6 Å². The van der Waals surface area contributed by atoms with Gasteiger partial charge in [0.05, 0.1) is 0 Å². The lowest BCUT2D eigenvalue weighted by Crippen LogP contribution is -2.32. The molecule has 0 aliphatic heterocycles. The predicted molar refractivity (Wildman–Crippen MR) is 79.0 cm³/mol. The Kier molecular flexibility index (Phi) is 4.46. The molecule has 0 aliphatic carbocycles. The summed E-state index contributed by atoms with van der Waals surface area (Å²) < 4.78 is 0. The van der Waals surface area contributed by atoms with Crippen molar-refractivity contribution >= 4 is 23.3 Å². The lowest BCUT2D eigenvalue weighted by atomic mass is 10.0. The number of benzene rings is 2. The van der Waals surface area contributed by atoms with Crippen LogP contribution in [0.4, 0.5) is 5.69 Å². The lowest BCUT2D eigenvalue weighted by molar-refractivity contribution is -0.135. The molecule has 0 saturated carbocycles. The monoisotopic (exact) mass is 282 g/mol. The van der Waals surface area contributed by atoms with Crippen molar-refractivity contribution in [2.45, 2.75) is 0 Å². The zero-order valence-electron chi connectivity index (χ0n) is 11.4. The van der Waals surface area contributed by atoms with Gasteiger partial charge in [0, 0.05) is 23.9 Å². The van der Waals surface area contributed by atoms with E-state index in [1.165, 1.54) is 13.1 Å². The van der Waals surface area contributed by atoms with Crippen LogP contribution in [0.1, 0.15) is 15.9 Å². The molecule has 5 heteroatoms. The van der Waals surface area contributed by atoms with Crippen molar-refractivity contribution in [1.29, 1.82) is 0 Å². The molecule has 0 aliphatic rings. The van der Waals surface area contributed by atoms with Crippen LogP contribution < -0.4 is 10.6 Å². The van der Waals surface area contributed by atoms with Crippen LogP contribution in [0.2, 0.25) is 0 Å². The van der Waals surface area contributed by atoms with E-state index in [1.807, 2.05) is 6.07 Å². The standard InChI is InChI=1S/C16H14N2O3/c1-17-15(20)16(21)18-13-9-5-8-12(10-13)14(19)11-6-3-2-4-7-11/h2-10H,1H3,(H,17,20)(H,18,21). The average Bonchev–Trinajstić information content (AvgIpc) is 2.54. The van der Waals surface area contributed by atoms with Gasteiger partial charge in [0.1, 0.15) is 0 Å². The smallest absolute Gasteiger partial charge is 0.313 e. The Balaban J connectivity index is 2.20. The van der Waals surface area contributed by atoms with Gasteiger partial charge in [0.15, 0.2) is 5.78 Å². The van der Waals surface area contributed by atoms with Gasteiger partial charge in [-0.1, -0.05) is 42.5 Å². The van der Waals surface area contributed by atoms with E-state index in [-0.39, 0.29) is 5.78 Å². The molecule has 0 saturated heterocycles. The maximum Gasteiger partial charge on any atom is 0.313 e. The van der Waals surface area contributed by atoms with Crippen LogP contribution in [0, 0.1) is 0 Å². The van der Waals surface area contributed by atoms with Crippen molar-refractivity contribution < 1.29 is 14.4 Å². The van der Waals surface area contributed by atoms with E-state index in [2.05, 4.69) is 10.6 Å². The predicted octanol–water partition coefficient (Wildman–Crippen LogP) is 1.60. The van der Waals surface area contributed by atoms with E-state index in [0.29, 0.717) is 16.8 Å². The highest BCUT2D eigenvalue weighted by Crippen LogP contribution is 2.14. The second kappa shape index (κ2) is 6.47. The summed E-state index contributed by atoms with van der Waals surface area (Å²) in [6.45, 7) is 0. The minimum Gasteiger partial charge on any atom is -0.351 e. The van der Waals surface area contributed by atoms with Crippen LogP contribution in [0.5, 0.6) is 0 Å². The molecule has 0 radical (unpaired) electrons. The van der Waals surface area contributed by atoms with Gasteiger partial charge in [0.25, 0.3) is 0 Å². The molecule has 2 aromatic rings. The fraction of sp³-hybridized carbons (Fsp3) is 0.0625. The second-order valence-corrected chi connectivity index (χ2v) is 4.31. The molecule has 2 N–H and O–H groups in total. The Labute approximate surface area is 122 Å². The Morgan fingerprint density at radius 3 is 2.14 bits per heavy atom. The number of anilines is 1. The molecule has 0 atom stereocenters. The van der Waals surface area contributed by atoms with E-state index in [1.54, 1.807) is 42.5 Å². The summed E-state index contributed by atoms with van der Waals surface area (Å²) >= 11 is 0. The van der Waals surface area contributed by atoms with Crippen molar-refractivity contribution in [1.82, 2.24) is 5.32 Å². The molecular formula is C16H14N2O3. The summed E-state index contributed by atoms with van der Waals surface area (Å²) in [7, 11) is 1.37. The number of ketones is 1. The first-order valence-corrected chi connectivity index (χ1v) is 6.34. The molecule has 2 rings (SSSR count). The summed E-state index contributed by atoms with van der Waals surface area (Å²) in [6.07, 6.45) is 0. The van der Waals surface area contributed by atoms with Gasteiger partial charge >= 0.3 is 11.8 Å². The quantitative estimate of drug-likeness (QED) is 0.663. The van der Waals surface area contributed by atoms with Crippen LogP contribution in [0.3, 0.4) is 0 Å². The second-order valence-electron chi connectivity index (χ2n) is 4.31. The number of amides is 2. The molecule has 2 aromatic carbocycles. The molecule has 0 aromatic heterocycles. The van der Waals surface area contributed by atoms with Crippen molar-refractivity contribution in [2.75, 3.05) is 12.4 Å². The fourth-order valence-corrected chi connectivity index (χ4v) is 1.80.